The molecular formula is C11H10BrF2NO2S2. The summed E-state index contributed by atoms with van der Waals surface area (Å²) in [4.78, 5) is -0.601. The molecule has 0 fully saturated rings. The van der Waals surface area contributed by atoms with E-state index in [1.807, 2.05) is 0 Å². The van der Waals surface area contributed by atoms with Crippen LogP contribution in [-0.4, -0.2) is 26.5 Å². The first-order valence-corrected chi connectivity index (χ1v) is 8.47. The molecule has 0 aliphatic rings. The zero-order chi connectivity index (χ0) is 14.5. The summed E-state index contributed by atoms with van der Waals surface area (Å²) in [7, 11) is -4.03. The molecule has 1 aromatic rings. The molecule has 0 spiro atoms. The van der Waals surface area contributed by atoms with Crippen LogP contribution in [0.15, 0.2) is 21.5 Å². The van der Waals surface area contributed by atoms with Crippen molar-refractivity contribution in [3.8, 4) is 12.3 Å². The molecule has 0 saturated heterocycles. The number of thioether (sulfide) groups is 1. The lowest BCUT2D eigenvalue weighted by Crippen LogP contribution is -2.27. The Kier molecular flexibility index (Phi) is 6.26. The van der Waals surface area contributed by atoms with Crippen LogP contribution < -0.4 is 4.72 Å². The molecule has 0 aliphatic heterocycles. The summed E-state index contributed by atoms with van der Waals surface area (Å²) in [6.07, 6.45) is 5.04. The molecule has 1 N–H and O–H groups in total. The Hall–Kier alpha value is -0.620. The van der Waals surface area contributed by atoms with Gasteiger partial charge in [-0.2, -0.15) is 0 Å². The molecule has 19 heavy (non-hydrogen) atoms. The van der Waals surface area contributed by atoms with Crippen LogP contribution in [0.25, 0.3) is 0 Å². The van der Waals surface area contributed by atoms with Crippen LogP contribution >= 0.6 is 27.7 Å². The monoisotopic (exact) mass is 369 g/mol. The number of halogens is 3. The highest BCUT2D eigenvalue weighted by molar-refractivity contribution is 9.10. The fourth-order valence-corrected chi connectivity index (χ4v) is 4.07. The van der Waals surface area contributed by atoms with Crippen molar-refractivity contribution in [2.24, 2.45) is 0 Å². The van der Waals surface area contributed by atoms with Crippen LogP contribution in [0.3, 0.4) is 0 Å². The zero-order valence-electron chi connectivity index (χ0n) is 9.62. The quantitative estimate of drug-likeness (QED) is 0.618. The molecule has 0 heterocycles. The molecule has 0 bridgehead atoms. The largest absolute Gasteiger partial charge is 0.244 e. The van der Waals surface area contributed by atoms with Gasteiger partial charge < -0.3 is 0 Å². The SMILES string of the molecule is C#CCSCCNS(=O)(=O)c1c(F)cc(F)cc1Br. The van der Waals surface area contributed by atoms with E-state index in [1.54, 1.807) is 0 Å². The summed E-state index contributed by atoms with van der Waals surface area (Å²) in [5, 5.41) is 0. The minimum Gasteiger partial charge on any atom is -0.210 e. The Labute approximate surface area is 123 Å². The highest BCUT2D eigenvalue weighted by Crippen LogP contribution is 2.25. The van der Waals surface area contributed by atoms with Crippen molar-refractivity contribution in [2.75, 3.05) is 18.1 Å². The van der Waals surface area contributed by atoms with Crippen LogP contribution in [0.1, 0.15) is 0 Å². The van der Waals surface area contributed by atoms with Crippen molar-refractivity contribution >= 4 is 37.7 Å². The smallest absolute Gasteiger partial charge is 0.210 e. The number of benzene rings is 1. The van der Waals surface area contributed by atoms with Gasteiger partial charge in [-0.3, -0.25) is 0 Å². The highest BCUT2D eigenvalue weighted by atomic mass is 79.9. The maximum Gasteiger partial charge on any atom is 0.244 e. The average molecular weight is 370 g/mol. The van der Waals surface area contributed by atoms with Crippen LogP contribution in [-0.2, 0) is 10.0 Å². The van der Waals surface area contributed by atoms with Crippen LogP contribution in [0, 0.1) is 24.0 Å². The van der Waals surface area contributed by atoms with Crippen molar-refractivity contribution in [2.45, 2.75) is 4.90 Å². The Morgan fingerprint density at radius 3 is 2.68 bits per heavy atom. The molecule has 0 saturated carbocycles. The minimum absolute atomic E-state index is 0.109. The second kappa shape index (κ2) is 7.24. The highest BCUT2D eigenvalue weighted by Gasteiger charge is 2.23. The van der Waals surface area contributed by atoms with Gasteiger partial charge in [-0.15, -0.1) is 18.2 Å². The van der Waals surface area contributed by atoms with E-state index in [2.05, 4.69) is 26.6 Å². The number of hydrogen-bond acceptors (Lipinski definition) is 3. The third kappa shape index (κ3) is 4.76. The van der Waals surface area contributed by atoms with Crippen molar-refractivity contribution in [1.29, 1.82) is 0 Å². The maximum atomic E-state index is 13.5. The summed E-state index contributed by atoms with van der Waals surface area (Å²) in [5.74, 6) is 1.33. The summed E-state index contributed by atoms with van der Waals surface area (Å²) in [6.45, 7) is 0.109. The number of terminal acetylenes is 1. The van der Waals surface area contributed by atoms with Crippen molar-refractivity contribution in [1.82, 2.24) is 4.72 Å². The topological polar surface area (TPSA) is 46.2 Å². The molecule has 0 atom stereocenters. The van der Waals surface area contributed by atoms with Crippen molar-refractivity contribution in [3.05, 3.63) is 28.2 Å². The maximum absolute atomic E-state index is 13.5. The molecule has 3 nitrogen and oxygen atoms in total. The molecule has 1 aromatic carbocycles. The number of nitrogens with one attached hydrogen (secondary N) is 1. The predicted molar refractivity (Wildman–Crippen MR) is 75.4 cm³/mol. The van der Waals surface area contributed by atoms with Gasteiger partial charge in [0.1, 0.15) is 16.5 Å². The van der Waals surface area contributed by atoms with Gasteiger partial charge in [-0.25, -0.2) is 21.9 Å². The summed E-state index contributed by atoms with van der Waals surface area (Å²) in [5.41, 5.74) is 0. The van der Waals surface area contributed by atoms with E-state index >= 15 is 0 Å². The molecule has 8 heteroatoms. The Balaban J connectivity index is 2.81. The van der Waals surface area contributed by atoms with E-state index in [-0.39, 0.29) is 11.0 Å². The first kappa shape index (κ1) is 16.4. The van der Waals surface area contributed by atoms with E-state index in [9.17, 15) is 17.2 Å². The molecule has 1 rings (SSSR count). The first-order valence-electron chi connectivity index (χ1n) is 5.04. The van der Waals surface area contributed by atoms with Gasteiger partial charge in [0.2, 0.25) is 10.0 Å². The van der Waals surface area contributed by atoms with Gasteiger partial charge in [0, 0.05) is 22.8 Å². The van der Waals surface area contributed by atoms with Crippen LogP contribution in [0.5, 0.6) is 0 Å². The lowest BCUT2D eigenvalue weighted by Gasteiger charge is -2.09. The van der Waals surface area contributed by atoms with Gasteiger partial charge in [-0.05, 0) is 22.0 Å². The molecule has 0 amide bonds. The van der Waals surface area contributed by atoms with Crippen molar-refractivity contribution < 1.29 is 17.2 Å². The fourth-order valence-electron chi connectivity index (χ4n) is 1.24. The molecule has 0 radical (unpaired) electrons. The molecule has 0 aliphatic carbocycles. The van der Waals surface area contributed by atoms with Gasteiger partial charge >= 0.3 is 0 Å². The van der Waals surface area contributed by atoms with Crippen molar-refractivity contribution in [3.63, 3.8) is 0 Å². The molecule has 104 valence electrons. The molecular weight excluding hydrogens is 360 g/mol. The first-order chi connectivity index (χ1) is 8.88. The van der Waals surface area contributed by atoms with Gasteiger partial charge in [0.15, 0.2) is 0 Å². The van der Waals surface area contributed by atoms with Gasteiger partial charge in [-0.1, -0.05) is 5.92 Å². The van der Waals surface area contributed by atoms with E-state index in [0.717, 1.165) is 6.07 Å². The number of sulfonamides is 1. The van der Waals surface area contributed by atoms with Gasteiger partial charge in [0.05, 0.1) is 5.75 Å². The van der Waals surface area contributed by atoms with E-state index in [1.165, 1.54) is 11.8 Å². The lowest BCUT2D eigenvalue weighted by molar-refractivity contribution is 0.542. The number of rotatable bonds is 6. The molecule has 0 aromatic heterocycles. The van der Waals surface area contributed by atoms with Crippen LogP contribution in [0.4, 0.5) is 8.78 Å². The average Bonchev–Trinajstić information content (AvgIpc) is 2.26. The van der Waals surface area contributed by atoms with Gasteiger partial charge in [0.25, 0.3) is 0 Å². The zero-order valence-corrected chi connectivity index (χ0v) is 12.8. The second-order valence-corrected chi connectivity index (χ2v) is 7.02. The lowest BCUT2D eigenvalue weighted by atomic mass is 10.3. The summed E-state index contributed by atoms with van der Waals surface area (Å²) in [6, 6.07) is 1.41. The second-order valence-electron chi connectivity index (χ2n) is 3.35. The Morgan fingerprint density at radius 1 is 1.42 bits per heavy atom. The summed E-state index contributed by atoms with van der Waals surface area (Å²) >= 11 is 4.21. The van der Waals surface area contributed by atoms with E-state index in [0.29, 0.717) is 17.6 Å². The van der Waals surface area contributed by atoms with Crippen LogP contribution in [0.2, 0.25) is 0 Å². The Morgan fingerprint density at radius 2 is 2.11 bits per heavy atom. The minimum atomic E-state index is -4.03. The molecule has 0 unspecified atom stereocenters. The number of hydrogen-bond donors (Lipinski definition) is 1. The normalized spacial score (nSPS) is 11.3. The standard InChI is InChI=1S/C11H10BrF2NO2S2/c1-2-4-18-5-3-15-19(16,17)11-9(12)6-8(13)7-10(11)14/h1,6-7,15H,3-5H2. The third-order valence-corrected chi connectivity index (χ3v) is 5.24. The third-order valence-electron chi connectivity index (χ3n) is 1.96. The predicted octanol–water partition coefficient (Wildman–Crippen LogP) is 2.37. The van der Waals surface area contributed by atoms with E-state index < -0.39 is 26.6 Å². The Bertz CT molecular complexity index is 576. The summed E-state index contributed by atoms with van der Waals surface area (Å²) < 4.78 is 52.2. The fraction of sp³-hybridized carbons (Fsp3) is 0.273. The van der Waals surface area contributed by atoms with E-state index in [4.69, 9.17) is 6.42 Å².